The zero-order valence-electron chi connectivity index (χ0n) is 19.7. The second kappa shape index (κ2) is 10.7. The van der Waals surface area contributed by atoms with Crippen molar-refractivity contribution in [3.05, 3.63) is 95.6 Å². The molecule has 1 heterocycles. The molecule has 1 fully saturated rings. The quantitative estimate of drug-likeness (QED) is 0.410. The molecule has 0 unspecified atom stereocenters. The largest absolute Gasteiger partial charge is 0.486 e. The maximum absolute atomic E-state index is 6.62. The zero-order chi connectivity index (χ0) is 22.3. The number of anilines is 1. The number of hydrogen-bond donors (Lipinski definition) is 0. The SMILES string of the molecule is Cc1cc(O[C@@H](CCN2CCN(c3ccccc3)CC2)c2ccccc2)cc(C(C)C)c1. The highest BCUT2D eigenvalue weighted by molar-refractivity contribution is 5.46. The van der Waals surface area contributed by atoms with Crippen molar-refractivity contribution < 1.29 is 4.74 Å². The number of rotatable bonds is 8. The predicted octanol–water partition coefficient (Wildman–Crippen LogP) is 6.45. The van der Waals surface area contributed by atoms with E-state index in [1.165, 1.54) is 22.4 Å². The van der Waals surface area contributed by atoms with Gasteiger partial charge in [-0.15, -0.1) is 0 Å². The molecule has 1 saturated heterocycles. The molecule has 0 saturated carbocycles. The van der Waals surface area contributed by atoms with Crippen LogP contribution >= 0.6 is 0 Å². The maximum Gasteiger partial charge on any atom is 0.125 e. The van der Waals surface area contributed by atoms with Gasteiger partial charge >= 0.3 is 0 Å². The zero-order valence-corrected chi connectivity index (χ0v) is 19.7. The molecule has 3 heteroatoms. The van der Waals surface area contributed by atoms with Crippen molar-refractivity contribution in [3.63, 3.8) is 0 Å². The Kier molecular flexibility index (Phi) is 7.49. The lowest BCUT2D eigenvalue weighted by Crippen LogP contribution is -2.46. The topological polar surface area (TPSA) is 15.7 Å². The summed E-state index contributed by atoms with van der Waals surface area (Å²) in [6.45, 7) is 12.0. The second-order valence-electron chi connectivity index (χ2n) is 9.20. The van der Waals surface area contributed by atoms with Crippen molar-refractivity contribution in [3.8, 4) is 5.75 Å². The molecule has 32 heavy (non-hydrogen) atoms. The molecular weight excluding hydrogens is 392 g/mol. The first-order valence-corrected chi connectivity index (χ1v) is 11.9. The first kappa shape index (κ1) is 22.4. The number of benzene rings is 3. The number of hydrogen-bond acceptors (Lipinski definition) is 3. The average molecular weight is 429 g/mol. The Morgan fingerprint density at radius 1 is 0.781 bits per heavy atom. The van der Waals surface area contributed by atoms with Crippen LogP contribution in [0.1, 0.15) is 49.0 Å². The van der Waals surface area contributed by atoms with E-state index >= 15 is 0 Å². The Hall–Kier alpha value is -2.78. The smallest absolute Gasteiger partial charge is 0.125 e. The molecule has 0 spiro atoms. The number of nitrogens with zero attached hydrogens (tertiary/aromatic N) is 2. The van der Waals surface area contributed by atoms with Gasteiger partial charge in [0.2, 0.25) is 0 Å². The highest BCUT2D eigenvalue weighted by Gasteiger charge is 2.20. The fourth-order valence-electron chi connectivity index (χ4n) is 4.47. The van der Waals surface area contributed by atoms with E-state index in [0.29, 0.717) is 5.92 Å². The molecule has 3 aromatic carbocycles. The van der Waals surface area contributed by atoms with Crippen molar-refractivity contribution in [2.24, 2.45) is 0 Å². The van der Waals surface area contributed by atoms with Crippen molar-refractivity contribution >= 4 is 5.69 Å². The van der Waals surface area contributed by atoms with Gasteiger partial charge in [-0.2, -0.15) is 0 Å². The van der Waals surface area contributed by atoms with Crippen LogP contribution in [-0.2, 0) is 0 Å². The van der Waals surface area contributed by atoms with Crippen molar-refractivity contribution in [2.45, 2.75) is 39.2 Å². The molecule has 0 amide bonds. The third-order valence-electron chi connectivity index (χ3n) is 6.39. The minimum atomic E-state index is 0.0603. The molecule has 0 N–H and O–H groups in total. The van der Waals surface area contributed by atoms with Crippen LogP contribution in [0, 0.1) is 6.92 Å². The van der Waals surface area contributed by atoms with Gasteiger partial charge in [0.05, 0.1) is 0 Å². The summed E-state index contributed by atoms with van der Waals surface area (Å²) in [4.78, 5) is 5.07. The van der Waals surface area contributed by atoms with E-state index < -0.39 is 0 Å². The van der Waals surface area contributed by atoms with Crippen LogP contribution in [0.2, 0.25) is 0 Å². The Morgan fingerprint density at radius 3 is 2.09 bits per heavy atom. The minimum Gasteiger partial charge on any atom is -0.486 e. The molecule has 3 aromatic rings. The van der Waals surface area contributed by atoms with Crippen molar-refractivity contribution in [1.82, 2.24) is 4.90 Å². The monoisotopic (exact) mass is 428 g/mol. The summed E-state index contributed by atoms with van der Waals surface area (Å²) < 4.78 is 6.62. The Morgan fingerprint density at radius 2 is 1.44 bits per heavy atom. The molecule has 0 aromatic heterocycles. The van der Waals surface area contributed by atoms with E-state index in [0.717, 1.165) is 44.9 Å². The second-order valence-corrected chi connectivity index (χ2v) is 9.20. The number of para-hydroxylation sites is 1. The summed E-state index contributed by atoms with van der Waals surface area (Å²) in [6, 6.07) is 28.1. The van der Waals surface area contributed by atoms with Crippen LogP contribution in [0.25, 0.3) is 0 Å². The van der Waals surface area contributed by atoms with Gasteiger partial charge in [0.15, 0.2) is 0 Å². The van der Waals surface area contributed by atoms with Crippen LogP contribution in [0.3, 0.4) is 0 Å². The van der Waals surface area contributed by atoms with Crippen molar-refractivity contribution in [2.75, 3.05) is 37.6 Å². The third kappa shape index (κ3) is 5.92. The molecular formula is C29H36N2O. The number of piperazine rings is 1. The van der Waals surface area contributed by atoms with E-state index in [2.05, 4.69) is 109 Å². The molecule has 1 atom stereocenters. The summed E-state index contributed by atoms with van der Waals surface area (Å²) >= 11 is 0. The van der Waals surface area contributed by atoms with E-state index in [1.54, 1.807) is 0 Å². The summed E-state index contributed by atoms with van der Waals surface area (Å²) in [5.74, 6) is 1.48. The lowest BCUT2D eigenvalue weighted by Gasteiger charge is -2.36. The van der Waals surface area contributed by atoms with Crippen LogP contribution in [-0.4, -0.2) is 37.6 Å². The van der Waals surface area contributed by atoms with Gasteiger partial charge in [-0.1, -0.05) is 68.4 Å². The van der Waals surface area contributed by atoms with Gasteiger partial charge in [0.1, 0.15) is 11.9 Å². The summed E-state index contributed by atoms with van der Waals surface area (Å²) in [7, 11) is 0. The molecule has 168 valence electrons. The van der Waals surface area contributed by atoms with Gasteiger partial charge in [-0.25, -0.2) is 0 Å². The highest BCUT2D eigenvalue weighted by atomic mass is 16.5. The Balaban J connectivity index is 1.40. The average Bonchev–Trinajstić information content (AvgIpc) is 2.83. The standard InChI is InChI=1S/C29H36N2O/c1-23(2)26-20-24(3)21-28(22-26)32-29(25-10-6-4-7-11-25)14-15-30-16-18-31(19-17-30)27-12-8-5-9-13-27/h4-13,20-23,29H,14-19H2,1-3H3/t29-/m0/s1. The molecule has 0 radical (unpaired) electrons. The number of ether oxygens (including phenoxy) is 1. The van der Waals surface area contributed by atoms with E-state index in [-0.39, 0.29) is 6.10 Å². The lowest BCUT2D eigenvalue weighted by molar-refractivity contribution is 0.160. The fraction of sp³-hybridized carbons (Fsp3) is 0.379. The minimum absolute atomic E-state index is 0.0603. The molecule has 3 nitrogen and oxygen atoms in total. The fourth-order valence-corrected chi connectivity index (χ4v) is 4.47. The summed E-state index contributed by atoms with van der Waals surface area (Å²) in [6.07, 6.45) is 1.05. The third-order valence-corrected chi connectivity index (χ3v) is 6.39. The molecule has 1 aliphatic heterocycles. The van der Waals surface area contributed by atoms with E-state index in [9.17, 15) is 0 Å². The van der Waals surface area contributed by atoms with Gasteiger partial charge in [-0.05, 0) is 53.8 Å². The lowest BCUT2D eigenvalue weighted by atomic mass is 10.0. The first-order valence-electron chi connectivity index (χ1n) is 11.9. The van der Waals surface area contributed by atoms with Gasteiger partial charge in [0.25, 0.3) is 0 Å². The van der Waals surface area contributed by atoms with Gasteiger partial charge < -0.3 is 9.64 Å². The van der Waals surface area contributed by atoms with Crippen molar-refractivity contribution in [1.29, 1.82) is 0 Å². The van der Waals surface area contributed by atoms with Gasteiger partial charge in [0, 0.05) is 44.8 Å². The van der Waals surface area contributed by atoms with Crippen LogP contribution < -0.4 is 9.64 Å². The molecule has 0 bridgehead atoms. The summed E-state index contributed by atoms with van der Waals surface area (Å²) in [5.41, 5.74) is 5.18. The Bertz CT molecular complexity index is 963. The number of aryl methyl sites for hydroxylation is 1. The van der Waals surface area contributed by atoms with Crippen LogP contribution in [0.5, 0.6) is 5.75 Å². The predicted molar refractivity (Wildman–Crippen MR) is 135 cm³/mol. The first-order chi connectivity index (χ1) is 15.6. The summed E-state index contributed by atoms with van der Waals surface area (Å²) in [5, 5.41) is 0. The highest BCUT2D eigenvalue weighted by Crippen LogP contribution is 2.29. The van der Waals surface area contributed by atoms with E-state index in [1.807, 2.05) is 0 Å². The van der Waals surface area contributed by atoms with Crippen LogP contribution in [0.15, 0.2) is 78.9 Å². The molecule has 0 aliphatic carbocycles. The van der Waals surface area contributed by atoms with E-state index in [4.69, 9.17) is 4.74 Å². The van der Waals surface area contributed by atoms with Crippen LogP contribution in [0.4, 0.5) is 5.69 Å². The maximum atomic E-state index is 6.62. The molecule has 1 aliphatic rings. The normalized spacial score (nSPS) is 15.7. The van der Waals surface area contributed by atoms with Gasteiger partial charge in [-0.3, -0.25) is 4.90 Å². The molecule has 4 rings (SSSR count). The Labute approximate surface area is 193 Å².